The molecule has 0 fully saturated rings. The molecule has 56 valence electrons. The van der Waals surface area contributed by atoms with Gasteiger partial charge in [0.2, 0.25) is 0 Å². The average Bonchev–Trinajstić information content (AvgIpc) is 2.41. The second-order valence-corrected chi connectivity index (χ2v) is 1.92. The number of nitrogens with zero attached hydrogens (tertiary/aromatic N) is 2. The topological polar surface area (TPSA) is 43.2 Å². The van der Waals surface area contributed by atoms with E-state index in [1.165, 1.54) is 0 Å². The van der Waals surface area contributed by atoms with E-state index in [4.69, 9.17) is 4.74 Å². The predicted octanol–water partition coefficient (Wildman–Crippen LogP) is 0.955. The van der Waals surface area contributed by atoms with Crippen LogP contribution in [0.2, 0.25) is 0 Å². The van der Waals surface area contributed by atoms with E-state index in [0.29, 0.717) is 13.4 Å². The monoisotopic (exact) mass is 142 g/mol. The first-order valence-corrected chi connectivity index (χ1v) is 3.07. The molecule has 0 saturated heterocycles. The highest BCUT2D eigenvalue weighted by molar-refractivity contribution is 4.95. The average molecular weight is 142 g/mol. The minimum atomic E-state index is 0.0927. The molecule has 1 unspecified atom stereocenters. The summed E-state index contributed by atoms with van der Waals surface area (Å²) in [6.45, 7) is 0.869. The molecule has 0 amide bonds. The summed E-state index contributed by atoms with van der Waals surface area (Å²) in [6.07, 6.45) is 3.55. The van der Waals surface area contributed by atoms with E-state index < -0.39 is 0 Å². The number of methoxy groups -OCH3 is 1. The second-order valence-electron chi connectivity index (χ2n) is 1.92. The molecule has 1 aliphatic rings. The quantitative estimate of drug-likeness (QED) is 0.433. The van der Waals surface area contributed by atoms with Gasteiger partial charge in [0.05, 0.1) is 6.61 Å². The van der Waals surface area contributed by atoms with Crippen molar-refractivity contribution in [2.75, 3.05) is 20.5 Å². The summed E-state index contributed by atoms with van der Waals surface area (Å²) in [6, 6.07) is 0.0927. The van der Waals surface area contributed by atoms with Gasteiger partial charge < -0.3 is 9.47 Å². The Morgan fingerprint density at radius 1 is 1.60 bits per heavy atom. The Kier molecular flexibility index (Phi) is 3.05. The van der Waals surface area contributed by atoms with Crippen molar-refractivity contribution >= 4 is 0 Å². The standard InChI is InChI=1S/C6H10N2O2/c1-9-5-10-4-6-2-3-7-8-6/h2-3,6H,4-5H2,1H3. The number of hydrogen-bond donors (Lipinski definition) is 0. The molecule has 1 atom stereocenters. The molecule has 0 saturated carbocycles. The van der Waals surface area contributed by atoms with Gasteiger partial charge in [0, 0.05) is 13.3 Å². The molecule has 0 spiro atoms. The van der Waals surface area contributed by atoms with E-state index in [1.807, 2.05) is 6.08 Å². The molecule has 0 N–H and O–H groups in total. The Balaban J connectivity index is 2.03. The predicted molar refractivity (Wildman–Crippen MR) is 35.6 cm³/mol. The first-order valence-electron chi connectivity index (χ1n) is 3.07. The van der Waals surface area contributed by atoms with Gasteiger partial charge in [-0.1, -0.05) is 0 Å². The van der Waals surface area contributed by atoms with Crippen LogP contribution in [-0.2, 0) is 9.47 Å². The lowest BCUT2D eigenvalue weighted by atomic mass is 10.3. The fourth-order valence-electron chi connectivity index (χ4n) is 0.642. The van der Waals surface area contributed by atoms with Crippen LogP contribution in [0.25, 0.3) is 0 Å². The minimum absolute atomic E-state index is 0.0927. The van der Waals surface area contributed by atoms with Crippen LogP contribution in [0.5, 0.6) is 0 Å². The van der Waals surface area contributed by atoms with Crippen LogP contribution in [0.4, 0.5) is 0 Å². The summed E-state index contributed by atoms with van der Waals surface area (Å²) in [7, 11) is 1.59. The third kappa shape index (κ3) is 2.24. The molecule has 0 aromatic carbocycles. The summed E-state index contributed by atoms with van der Waals surface area (Å²) < 4.78 is 9.72. The van der Waals surface area contributed by atoms with Crippen molar-refractivity contribution in [1.29, 1.82) is 0 Å². The Morgan fingerprint density at radius 3 is 3.10 bits per heavy atom. The zero-order valence-electron chi connectivity index (χ0n) is 5.86. The largest absolute Gasteiger partial charge is 0.359 e. The fraction of sp³-hybridized carbons (Fsp3) is 0.667. The number of ether oxygens (including phenoxy) is 2. The smallest absolute Gasteiger partial charge is 0.146 e. The van der Waals surface area contributed by atoms with E-state index >= 15 is 0 Å². The van der Waals surface area contributed by atoms with E-state index in [9.17, 15) is 0 Å². The lowest BCUT2D eigenvalue weighted by molar-refractivity contribution is -0.0317. The summed E-state index contributed by atoms with van der Waals surface area (Å²) in [4.78, 5) is 0. The van der Waals surface area contributed by atoms with Crippen molar-refractivity contribution in [2.24, 2.45) is 10.2 Å². The molecule has 0 aromatic rings. The van der Waals surface area contributed by atoms with Crippen molar-refractivity contribution in [2.45, 2.75) is 6.04 Å². The van der Waals surface area contributed by atoms with Gasteiger partial charge in [-0.15, -0.1) is 0 Å². The van der Waals surface area contributed by atoms with Crippen molar-refractivity contribution in [1.82, 2.24) is 0 Å². The van der Waals surface area contributed by atoms with Crippen LogP contribution in [-0.4, -0.2) is 26.6 Å². The highest BCUT2D eigenvalue weighted by Gasteiger charge is 2.04. The van der Waals surface area contributed by atoms with E-state index in [2.05, 4.69) is 15.0 Å². The Hall–Kier alpha value is -0.740. The molecule has 1 heterocycles. The Labute approximate surface area is 59.5 Å². The van der Waals surface area contributed by atoms with Crippen molar-refractivity contribution in [3.8, 4) is 0 Å². The van der Waals surface area contributed by atoms with Gasteiger partial charge in [0.15, 0.2) is 0 Å². The van der Waals surface area contributed by atoms with E-state index in [1.54, 1.807) is 13.3 Å². The van der Waals surface area contributed by atoms with Gasteiger partial charge in [-0.25, -0.2) is 0 Å². The Morgan fingerprint density at radius 2 is 2.50 bits per heavy atom. The van der Waals surface area contributed by atoms with Gasteiger partial charge in [0.1, 0.15) is 12.8 Å². The summed E-state index contributed by atoms with van der Waals surface area (Å²) >= 11 is 0. The lowest BCUT2D eigenvalue weighted by Crippen LogP contribution is -2.09. The molecule has 4 nitrogen and oxygen atoms in total. The van der Waals surface area contributed by atoms with Crippen LogP contribution in [0.1, 0.15) is 0 Å². The molecule has 1 aliphatic heterocycles. The molecule has 10 heavy (non-hydrogen) atoms. The van der Waals surface area contributed by atoms with Crippen LogP contribution < -0.4 is 0 Å². The molecular weight excluding hydrogens is 132 g/mol. The molecule has 1 rings (SSSR count). The Bertz CT molecular complexity index is 133. The molecule has 4 heteroatoms. The fourth-order valence-corrected chi connectivity index (χ4v) is 0.642. The van der Waals surface area contributed by atoms with Gasteiger partial charge >= 0.3 is 0 Å². The van der Waals surface area contributed by atoms with Crippen molar-refractivity contribution in [3.05, 3.63) is 12.3 Å². The minimum Gasteiger partial charge on any atom is -0.359 e. The maximum absolute atomic E-state index is 5.04. The highest BCUT2D eigenvalue weighted by atomic mass is 16.7. The maximum Gasteiger partial charge on any atom is 0.146 e. The third-order valence-corrected chi connectivity index (χ3v) is 1.08. The first-order chi connectivity index (χ1) is 4.93. The molecular formula is C6H10N2O2. The normalized spacial score (nSPS) is 22.3. The SMILES string of the molecule is COCOCC1C=CN=N1. The number of azo groups is 1. The van der Waals surface area contributed by atoms with E-state index in [0.717, 1.165) is 0 Å². The molecule has 0 aromatic heterocycles. The van der Waals surface area contributed by atoms with Crippen LogP contribution in [0.3, 0.4) is 0 Å². The van der Waals surface area contributed by atoms with Crippen molar-refractivity contribution in [3.63, 3.8) is 0 Å². The van der Waals surface area contributed by atoms with Gasteiger partial charge in [0.25, 0.3) is 0 Å². The number of rotatable bonds is 4. The highest BCUT2D eigenvalue weighted by Crippen LogP contribution is 2.03. The van der Waals surface area contributed by atoms with Gasteiger partial charge in [-0.3, -0.25) is 0 Å². The zero-order chi connectivity index (χ0) is 7.23. The molecule has 0 aliphatic carbocycles. The van der Waals surface area contributed by atoms with Crippen LogP contribution in [0.15, 0.2) is 22.5 Å². The van der Waals surface area contributed by atoms with Crippen LogP contribution >= 0.6 is 0 Å². The molecule has 0 bridgehead atoms. The third-order valence-electron chi connectivity index (χ3n) is 1.08. The van der Waals surface area contributed by atoms with Gasteiger partial charge in [-0.2, -0.15) is 10.2 Å². The van der Waals surface area contributed by atoms with Crippen molar-refractivity contribution < 1.29 is 9.47 Å². The van der Waals surface area contributed by atoms with Crippen LogP contribution in [0, 0.1) is 0 Å². The first kappa shape index (κ1) is 7.37. The maximum atomic E-state index is 5.04. The van der Waals surface area contributed by atoms with Gasteiger partial charge in [-0.05, 0) is 6.08 Å². The zero-order valence-corrected chi connectivity index (χ0v) is 5.86. The molecule has 0 radical (unpaired) electrons. The lowest BCUT2D eigenvalue weighted by Gasteiger charge is -2.02. The second kappa shape index (κ2) is 4.14. The van der Waals surface area contributed by atoms with E-state index in [-0.39, 0.29) is 6.04 Å². The number of hydrogen-bond acceptors (Lipinski definition) is 4. The summed E-state index contributed by atoms with van der Waals surface area (Å²) in [5, 5.41) is 7.51. The summed E-state index contributed by atoms with van der Waals surface area (Å²) in [5.41, 5.74) is 0. The summed E-state index contributed by atoms with van der Waals surface area (Å²) in [5.74, 6) is 0.